The standard InChI is InChI=1S/C9H12F3N3OS/c1-5-7(6(2)15-14-5)8(16)13-3-4-17-9(10,11)12/h3-4H2,1-2H3,(H,13,16)(H,14,15). The van der Waals surface area contributed by atoms with Gasteiger partial charge in [0.1, 0.15) is 0 Å². The number of amides is 1. The van der Waals surface area contributed by atoms with Gasteiger partial charge in [-0.25, -0.2) is 0 Å². The van der Waals surface area contributed by atoms with Crippen LogP contribution in [0.25, 0.3) is 0 Å². The third-order valence-electron chi connectivity index (χ3n) is 2.01. The number of aryl methyl sites for hydroxylation is 2. The minimum Gasteiger partial charge on any atom is -0.351 e. The average molecular weight is 267 g/mol. The van der Waals surface area contributed by atoms with Crippen LogP contribution in [0, 0.1) is 13.8 Å². The Labute approximate surface area is 100 Å². The molecule has 1 aromatic rings. The van der Waals surface area contributed by atoms with Gasteiger partial charge in [0.25, 0.3) is 5.91 Å². The second kappa shape index (κ2) is 5.44. The Bertz CT molecular complexity index is 383. The number of aromatic nitrogens is 2. The van der Waals surface area contributed by atoms with Gasteiger partial charge in [0.05, 0.1) is 11.3 Å². The number of thioether (sulfide) groups is 1. The molecule has 0 aliphatic rings. The fraction of sp³-hybridized carbons (Fsp3) is 0.556. The maximum atomic E-state index is 11.8. The molecule has 0 atom stereocenters. The molecule has 1 aromatic heterocycles. The zero-order valence-electron chi connectivity index (χ0n) is 9.31. The van der Waals surface area contributed by atoms with Crippen molar-refractivity contribution in [3.05, 3.63) is 17.0 Å². The zero-order chi connectivity index (χ0) is 13.1. The van der Waals surface area contributed by atoms with Crippen molar-refractivity contribution in [2.24, 2.45) is 0 Å². The first kappa shape index (κ1) is 13.9. The maximum absolute atomic E-state index is 11.8. The minimum absolute atomic E-state index is 0.0347. The van der Waals surface area contributed by atoms with Crippen molar-refractivity contribution in [1.29, 1.82) is 0 Å². The lowest BCUT2D eigenvalue weighted by Gasteiger charge is -2.07. The van der Waals surface area contributed by atoms with Crippen molar-refractivity contribution in [2.45, 2.75) is 19.4 Å². The lowest BCUT2D eigenvalue weighted by molar-refractivity contribution is -0.0327. The van der Waals surface area contributed by atoms with Crippen LogP contribution in [-0.2, 0) is 0 Å². The molecule has 0 bridgehead atoms. The van der Waals surface area contributed by atoms with Crippen molar-refractivity contribution >= 4 is 17.7 Å². The van der Waals surface area contributed by atoms with Gasteiger partial charge in [-0.15, -0.1) is 0 Å². The Morgan fingerprint density at radius 3 is 2.59 bits per heavy atom. The van der Waals surface area contributed by atoms with Gasteiger partial charge in [-0.3, -0.25) is 9.89 Å². The molecule has 0 saturated heterocycles. The number of carbonyl (C=O) groups is 1. The van der Waals surface area contributed by atoms with E-state index in [9.17, 15) is 18.0 Å². The summed E-state index contributed by atoms with van der Waals surface area (Å²) in [5, 5.41) is 8.89. The molecule has 0 spiro atoms. The number of rotatable bonds is 4. The predicted octanol–water partition coefficient (Wildman–Crippen LogP) is 2.01. The summed E-state index contributed by atoms with van der Waals surface area (Å²) in [6.07, 6.45) is 0. The van der Waals surface area contributed by atoms with Gasteiger partial charge in [-0.05, 0) is 25.6 Å². The molecule has 0 aliphatic carbocycles. The quantitative estimate of drug-likeness (QED) is 0.820. The van der Waals surface area contributed by atoms with Crippen LogP contribution in [0.3, 0.4) is 0 Å². The van der Waals surface area contributed by atoms with E-state index in [0.29, 0.717) is 17.0 Å². The van der Waals surface area contributed by atoms with Gasteiger partial charge in [-0.1, -0.05) is 0 Å². The van der Waals surface area contributed by atoms with E-state index in [0.717, 1.165) is 0 Å². The van der Waals surface area contributed by atoms with Crippen molar-refractivity contribution < 1.29 is 18.0 Å². The van der Waals surface area contributed by atoms with Crippen molar-refractivity contribution in [3.8, 4) is 0 Å². The molecule has 1 amide bonds. The average Bonchev–Trinajstić information content (AvgIpc) is 2.52. The van der Waals surface area contributed by atoms with Crippen molar-refractivity contribution in [1.82, 2.24) is 15.5 Å². The molecule has 0 radical (unpaired) electrons. The summed E-state index contributed by atoms with van der Waals surface area (Å²) in [6, 6.07) is 0. The largest absolute Gasteiger partial charge is 0.441 e. The monoisotopic (exact) mass is 267 g/mol. The Morgan fingerprint density at radius 2 is 2.12 bits per heavy atom. The lowest BCUT2D eigenvalue weighted by atomic mass is 10.2. The van der Waals surface area contributed by atoms with Crippen LogP contribution in [0.5, 0.6) is 0 Å². The van der Waals surface area contributed by atoms with E-state index in [1.165, 1.54) is 0 Å². The fourth-order valence-corrected chi connectivity index (χ4v) is 1.74. The highest BCUT2D eigenvalue weighted by Gasteiger charge is 2.27. The molecule has 0 saturated carbocycles. The number of carbonyl (C=O) groups excluding carboxylic acids is 1. The Hall–Kier alpha value is -1.18. The third kappa shape index (κ3) is 4.29. The molecule has 2 N–H and O–H groups in total. The second-order valence-corrected chi connectivity index (χ2v) is 4.52. The molecule has 96 valence electrons. The summed E-state index contributed by atoms with van der Waals surface area (Å²) in [4.78, 5) is 11.6. The summed E-state index contributed by atoms with van der Waals surface area (Å²) in [7, 11) is 0. The minimum atomic E-state index is -4.26. The van der Waals surface area contributed by atoms with E-state index in [4.69, 9.17) is 0 Å². The number of aromatic amines is 1. The molecule has 0 aromatic carbocycles. The molecule has 0 aliphatic heterocycles. The molecule has 8 heteroatoms. The summed E-state index contributed by atoms with van der Waals surface area (Å²) in [6.45, 7) is 3.30. The van der Waals surface area contributed by atoms with E-state index < -0.39 is 11.4 Å². The van der Waals surface area contributed by atoms with Crippen LogP contribution in [0.4, 0.5) is 13.2 Å². The second-order valence-electron chi connectivity index (χ2n) is 3.36. The van der Waals surface area contributed by atoms with Gasteiger partial charge >= 0.3 is 5.51 Å². The molecule has 0 fully saturated rings. The van der Waals surface area contributed by atoms with Crippen molar-refractivity contribution in [3.63, 3.8) is 0 Å². The van der Waals surface area contributed by atoms with Crippen LogP contribution >= 0.6 is 11.8 Å². The number of nitrogens with zero attached hydrogens (tertiary/aromatic N) is 1. The highest BCUT2D eigenvalue weighted by Crippen LogP contribution is 2.29. The molecular weight excluding hydrogens is 255 g/mol. The fourth-order valence-electron chi connectivity index (χ4n) is 1.31. The number of H-pyrrole nitrogens is 1. The van der Waals surface area contributed by atoms with Gasteiger partial charge in [0, 0.05) is 18.0 Å². The summed E-state index contributed by atoms with van der Waals surface area (Å²) < 4.78 is 35.5. The van der Waals surface area contributed by atoms with E-state index in [1.807, 2.05) is 0 Å². The van der Waals surface area contributed by atoms with Gasteiger partial charge in [-0.2, -0.15) is 18.3 Å². The number of nitrogens with one attached hydrogen (secondary N) is 2. The lowest BCUT2D eigenvalue weighted by Crippen LogP contribution is -2.27. The van der Waals surface area contributed by atoms with Crippen molar-refractivity contribution in [2.75, 3.05) is 12.3 Å². The molecule has 1 rings (SSSR count). The Balaban J connectivity index is 2.41. The smallest absolute Gasteiger partial charge is 0.351 e. The summed E-state index contributed by atoms with van der Waals surface area (Å²) in [5.41, 5.74) is -2.74. The first-order valence-electron chi connectivity index (χ1n) is 4.81. The van der Waals surface area contributed by atoms with E-state index in [2.05, 4.69) is 15.5 Å². The normalized spacial score (nSPS) is 11.6. The SMILES string of the molecule is Cc1n[nH]c(C)c1C(=O)NCCSC(F)(F)F. The number of hydrogen-bond donors (Lipinski definition) is 2. The molecular formula is C9H12F3N3OS. The Morgan fingerprint density at radius 1 is 1.47 bits per heavy atom. The highest BCUT2D eigenvalue weighted by molar-refractivity contribution is 8.00. The van der Waals surface area contributed by atoms with Crippen LogP contribution in [0.2, 0.25) is 0 Å². The topological polar surface area (TPSA) is 57.8 Å². The summed E-state index contributed by atoms with van der Waals surface area (Å²) >= 11 is -0.157. The highest BCUT2D eigenvalue weighted by atomic mass is 32.2. The van der Waals surface area contributed by atoms with Gasteiger partial charge in [0.2, 0.25) is 0 Å². The number of halogens is 3. The number of alkyl halides is 3. The summed E-state index contributed by atoms with van der Waals surface area (Å²) in [5.74, 6) is -0.609. The van der Waals surface area contributed by atoms with Crippen LogP contribution in [0.15, 0.2) is 0 Å². The molecule has 4 nitrogen and oxygen atoms in total. The van der Waals surface area contributed by atoms with Crippen LogP contribution in [0.1, 0.15) is 21.7 Å². The van der Waals surface area contributed by atoms with E-state index in [1.54, 1.807) is 13.8 Å². The van der Waals surface area contributed by atoms with E-state index >= 15 is 0 Å². The van der Waals surface area contributed by atoms with E-state index in [-0.39, 0.29) is 24.1 Å². The first-order chi connectivity index (χ1) is 7.81. The maximum Gasteiger partial charge on any atom is 0.441 e. The predicted molar refractivity (Wildman–Crippen MR) is 58.9 cm³/mol. The molecule has 1 heterocycles. The molecule has 17 heavy (non-hydrogen) atoms. The van der Waals surface area contributed by atoms with Crippen LogP contribution in [-0.4, -0.2) is 33.9 Å². The molecule has 0 unspecified atom stereocenters. The van der Waals surface area contributed by atoms with Crippen LogP contribution < -0.4 is 5.32 Å². The number of hydrogen-bond acceptors (Lipinski definition) is 3. The third-order valence-corrected chi connectivity index (χ3v) is 2.74. The van der Waals surface area contributed by atoms with Gasteiger partial charge < -0.3 is 5.32 Å². The zero-order valence-corrected chi connectivity index (χ0v) is 10.1. The first-order valence-corrected chi connectivity index (χ1v) is 5.80. The van der Waals surface area contributed by atoms with Gasteiger partial charge in [0.15, 0.2) is 0 Å². The Kier molecular flexibility index (Phi) is 4.44.